The Balaban J connectivity index is 1.85. The van der Waals surface area contributed by atoms with E-state index in [9.17, 15) is 9.59 Å². The summed E-state index contributed by atoms with van der Waals surface area (Å²) in [4.78, 5) is 25.4. The molecule has 2 aromatic rings. The molecule has 0 bridgehead atoms. The van der Waals surface area contributed by atoms with Crippen LogP contribution >= 0.6 is 23.1 Å². The van der Waals surface area contributed by atoms with Crippen LogP contribution in [0.2, 0.25) is 0 Å². The zero-order valence-electron chi connectivity index (χ0n) is 11.1. The SMILES string of the molecule is CSc1cccc(NC(=O)CCC(=O)c2cccs2)c1. The number of carbonyl (C=O) groups excluding carboxylic acids is 2. The first-order valence-electron chi connectivity index (χ1n) is 6.19. The second kappa shape index (κ2) is 7.26. The van der Waals surface area contributed by atoms with Crippen molar-refractivity contribution in [1.82, 2.24) is 0 Å². The number of ketones is 1. The molecule has 0 spiro atoms. The van der Waals surface area contributed by atoms with Gasteiger partial charge in [-0.15, -0.1) is 23.1 Å². The van der Waals surface area contributed by atoms with Crippen LogP contribution in [-0.2, 0) is 4.79 Å². The first-order chi connectivity index (χ1) is 9.69. The summed E-state index contributed by atoms with van der Waals surface area (Å²) in [7, 11) is 0. The Kier molecular flexibility index (Phi) is 5.38. The van der Waals surface area contributed by atoms with Gasteiger partial charge >= 0.3 is 0 Å². The molecule has 1 aromatic heterocycles. The predicted octanol–water partition coefficient (Wildman–Crippen LogP) is 4.07. The highest BCUT2D eigenvalue weighted by Crippen LogP contribution is 2.19. The summed E-state index contributed by atoms with van der Waals surface area (Å²) in [5.41, 5.74) is 0.769. The van der Waals surface area contributed by atoms with Crippen molar-refractivity contribution < 1.29 is 9.59 Å². The van der Waals surface area contributed by atoms with E-state index in [0.717, 1.165) is 10.6 Å². The van der Waals surface area contributed by atoms with Crippen molar-refractivity contribution in [2.75, 3.05) is 11.6 Å². The van der Waals surface area contributed by atoms with E-state index in [-0.39, 0.29) is 24.5 Å². The molecule has 104 valence electrons. The van der Waals surface area contributed by atoms with E-state index in [4.69, 9.17) is 0 Å². The van der Waals surface area contributed by atoms with E-state index in [1.807, 2.05) is 42.0 Å². The second-order valence-electron chi connectivity index (χ2n) is 4.18. The minimum atomic E-state index is -0.131. The van der Waals surface area contributed by atoms with Gasteiger partial charge in [-0.1, -0.05) is 12.1 Å². The number of anilines is 1. The third-order valence-corrected chi connectivity index (χ3v) is 4.36. The lowest BCUT2D eigenvalue weighted by molar-refractivity contribution is -0.116. The molecule has 1 N–H and O–H groups in total. The van der Waals surface area contributed by atoms with Gasteiger partial charge in [0.2, 0.25) is 5.91 Å². The molecule has 0 saturated heterocycles. The van der Waals surface area contributed by atoms with E-state index in [2.05, 4.69) is 5.32 Å². The molecular weight excluding hydrogens is 290 g/mol. The maximum absolute atomic E-state index is 11.8. The lowest BCUT2D eigenvalue weighted by atomic mass is 10.2. The van der Waals surface area contributed by atoms with Crippen molar-refractivity contribution in [2.45, 2.75) is 17.7 Å². The van der Waals surface area contributed by atoms with Gasteiger partial charge in [-0.05, 0) is 35.9 Å². The average molecular weight is 305 g/mol. The zero-order valence-corrected chi connectivity index (χ0v) is 12.7. The zero-order chi connectivity index (χ0) is 14.4. The first kappa shape index (κ1) is 14.8. The minimum Gasteiger partial charge on any atom is -0.326 e. The molecule has 0 saturated carbocycles. The minimum absolute atomic E-state index is 0.0213. The Morgan fingerprint density at radius 3 is 2.75 bits per heavy atom. The monoisotopic (exact) mass is 305 g/mol. The summed E-state index contributed by atoms with van der Waals surface area (Å²) in [6, 6.07) is 11.3. The van der Waals surface area contributed by atoms with Gasteiger partial charge in [-0.3, -0.25) is 9.59 Å². The summed E-state index contributed by atoms with van der Waals surface area (Å²) in [6.07, 6.45) is 2.44. The van der Waals surface area contributed by atoms with Crippen molar-refractivity contribution in [2.24, 2.45) is 0 Å². The van der Waals surface area contributed by atoms with Crippen molar-refractivity contribution in [3.63, 3.8) is 0 Å². The van der Waals surface area contributed by atoms with Crippen LogP contribution in [0.15, 0.2) is 46.7 Å². The fourth-order valence-corrected chi connectivity index (χ4v) is 2.87. The molecule has 5 heteroatoms. The highest BCUT2D eigenvalue weighted by molar-refractivity contribution is 7.98. The molecule has 0 aliphatic heterocycles. The van der Waals surface area contributed by atoms with Gasteiger partial charge in [-0.25, -0.2) is 0 Å². The van der Waals surface area contributed by atoms with Gasteiger partial charge in [0.1, 0.15) is 0 Å². The van der Waals surface area contributed by atoms with Gasteiger partial charge in [-0.2, -0.15) is 0 Å². The maximum Gasteiger partial charge on any atom is 0.224 e. The number of amides is 1. The van der Waals surface area contributed by atoms with Gasteiger partial charge in [0.25, 0.3) is 0 Å². The standard InChI is InChI=1S/C15H15NO2S2/c1-19-12-5-2-4-11(10-12)16-15(18)8-7-13(17)14-6-3-9-20-14/h2-6,9-10H,7-8H2,1H3,(H,16,18). The van der Waals surface area contributed by atoms with Crippen LogP contribution in [0.5, 0.6) is 0 Å². The van der Waals surface area contributed by atoms with Crippen LogP contribution in [0.4, 0.5) is 5.69 Å². The van der Waals surface area contributed by atoms with E-state index in [1.54, 1.807) is 17.8 Å². The summed E-state index contributed by atoms with van der Waals surface area (Å²) in [6.45, 7) is 0. The first-order valence-corrected chi connectivity index (χ1v) is 8.30. The number of nitrogens with one attached hydrogen (secondary N) is 1. The molecule has 3 nitrogen and oxygen atoms in total. The number of hydrogen-bond donors (Lipinski definition) is 1. The second-order valence-corrected chi connectivity index (χ2v) is 6.01. The maximum atomic E-state index is 11.8. The lowest BCUT2D eigenvalue weighted by Gasteiger charge is -2.06. The Morgan fingerprint density at radius 2 is 2.05 bits per heavy atom. The summed E-state index contributed by atoms with van der Waals surface area (Å²) in [5, 5.41) is 4.68. The molecule has 0 fully saturated rings. The Labute approximate surface area is 126 Å². The van der Waals surface area contributed by atoms with Crippen molar-refractivity contribution in [3.05, 3.63) is 46.7 Å². The van der Waals surface area contributed by atoms with Crippen molar-refractivity contribution in [1.29, 1.82) is 0 Å². The number of benzene rings is 1. The smallest absolute Gasteiger partial charge is 0.224 e. The molecule has 2 rings (SSSR count). The van der Waals surface area contributed by atoms with E-state index >= 15 is 0 Å². The molecular formula is C15H15NO2S2. The van der Waals surface area contributed by atoms with Crippen LogP contribution in [0.3, 0.4) is 0 Å². The number of rotatable bonds is 6. The number of thiophene rings is 1. The fourth-order valence-electron chi connectivity index (χ4n) is 1.71. The predicted molar refractivity (Wildman–Crippen MR) is 84.7 cm³/mol. The van der Waals surface area contributed by atoms with Crippen molar-refractivity contribution in [3.8, 4) is 0 Å². The quantitative estimate of drug-likeness (QED) is 0.646. The van der Waals surface area contributed by atoms with Gasteiger partial charge in [0.05, 0.1) is 4.88 Å². The van der Waals surface area contributed by atoms with Crippen LogP contribution < -0.4 is 5.32 Å². The van der Waals surface area contributed by atoms with Crippen LogP contribution in [-0.4, -0.2) is 17.9 Å². The summed E-state index contributed by atoms with van der Waals surface area (Å²) >= 11 is 3.03. The van der Waals surface area contributed by atoms with Gasteiger partial charge in [0, 0.05) is 23.4 Å². The van der Waals surface area contributed by atoms with Gasteiger partial charge < -0.3 is 5.32 Å². The molecule has 20 heavy (non-hydrogen) atoms. The van der Waals surface area contributed by atoms with E-state index in [1.165, 1.54) is 11.3 Å². The Morgan fingerprint density at radius 1 is 1.20 bits per heavy atom. The fraction of sp³-hybridized carbons (Fsp3) is 0.200. The van der Waals surface area contributed by atoms with Crippen LogP contribution in [0, 0.1) is 0 Å². The summed E-state index contributed by atoms with van der Waals surface area (Å²) < 4.78 is 0. The topological polar surface area (TPSA) is 46.2 Å². The van der Waals surface area contributed by atoms with Crippen LogP contribution in [0.1, 0.15) is 22.5 Å². The molecule has 0 atom stereocenters. The van der Waals surface area contributed by atoms with Crippen LogP contribution in [0.25, 0.3) is 0 Å². The largest absolute Gasteiger partial charge is 0.326 e. The van der Waals surface area contributed by atoms with E-state index < -0.39 is 0 Å². The molecule has 0 aliphatic rings. The molecule has 0 aliphatic carbocycles. The highest BCUT2D eigenvalue weighted by Gasteiger charge is 2.10. The number of hydrogen-bond acceptors (Lipinski definition) is 4. The lowest BCUT2D eigenvalue weighted by Crippen LogP contribution is -2.13. The Hall–Kier alpha value is -1.59. The molecule has 1 amide bonds. The molecule has 1 heterocycles. The van der Waals surface area contributed by atoms with E-state index in [0.29, 0.717) is 4.88 Å². The summed E-state index contributed by atoms with van der Waals surface area (Å²) in [5.74, 6) is -0.110. The molecule has 0 radical (unpaired) electrons. The number of carbonyl (C=O) groups is 2. The highest BCUT2D eigenvalue weighted by atomic mass is 32.2. The van der Waals surface area contributed by atoms with Crippen molar-refractivity contribution >= 4 is 40.5 Å². The molecule has 1 aromatic carbocycles. The third-order valence-electron chi connectivity index (χ3n) is 2.73. The normalized spacial score (nSPS) is 10.2. The Bertz CT molecular complexity index is 594. The number of Topliss-reactive ketones (excluding diaryl/α,β-unsaturated/α-hetero) is 1. The van der Waals surface area contributed by atoms with Gasteiger partial charge in [0.15, 0.2) is 5.78 Å². The number of thioether (sulfide) groups is 1. The molecule has 0 unspecified atom stereocenters. The third kappa shape index (κ3) is 4.21. The average Bonchev–Trinajstić information content (AvgIpc) is 2.99.